The van der Waals surface area contributed by atoms with Gasteiger partial charge in [0.1, 0.15) is 12.6 Å². The summed E-state index contributed by atoms with van der Waals surface area (Å²) in [5, 5.41) is 3.54. The van der Waals surface area contributed by atoms with E-state index in [1.807, 2.05) is 46.8 Å². The van der Waals surface area contributed by atoms with Crippen molar-refractivity contribution < 1.29 is 18.0 Å². The largest absolute Gasteiger partial charge is 0.352 e. The van der Waals surface area contributed by atoms with Crippen molar-refractivity contribution in [2.75, 3.05) is 10.8 Å². The SMILES string of the molecule is CCc1ccccc1N(CC(=O)N(Cc1ccc(Cl)cc1)[C@@H](CC)C(=O)N[C@@H](C)CC)S(=O)(=O)c1ccc(C)cc1. The zero-order valence-electron chi connectivity index (χ0n) is 24.4. The van der Waals surface area contributed by atoms with Crippen LogP contribution in [0.5, 0.6) is 0 Å². The Morgan fingerprint density at radius 3 is 2.12 bits per heavy atom. The van der Waals surface area contributed by atoms with Crippen LogP contribution in [0.25, 0.3) is 0 Å². The van der Waals surface area contributed by atoms with Crippen molar-refractivity contribution in [3.8, 4) is 0 Å². The number of carbonyl (C=O) groups excluding carboxylic acids is 2. The van der Waals surface area contributed by atoms with Crippen LogP contribution in [-0.4, -0.2) is 43.8 Å². The molecule has 0 spiro atoms. The van der Waals surface area contributed by atoms with Gasteiger partial charge in [-0.15, -0.1) is 0 Å². The molecule has 7 nitrogen and oxygen atoms in total. The number of nitrogens with one attached hydrogen (secondary N) is 1. The summed E-state index contributed by atoms with van der Waals surface area (Å²) in [6.45, 7) is 9.21. The van der Waals surface area contributed by atoms with Crippen LogP contribution in [0, 0.1) is 6.92 Å². The molecule has 0 heterocycles. The minimum absolute atomic E-state index is 0.0705. The maximum Gasteiger partial charge on any atom is 0.264 e. The molecule has 0 saturated carbocycles. The van der Waals surface area contributed by atoms with E-state index >= 15 is 0 Å². The van der Waals surface area contributed by atoms with E-state index in [1.54, 1.807) is 60.7 Å². The first-order valence-electron chi connectivity index (χ1n) is 14.0. The first kappa shape index (κ1) is 32.2. The lowest BCUT2D eigenvalue weighted by Gasteiger charge is -2.34. The van der Waals surface area contributed by atoms with Crippen LogP contribution in [0.4, 0.5) is 5.69 Å². The zero-order chi connectivity index (χ0) is 30.2. The van der Waals surface area contributed by atoms with Crippen LogP contribution in [0.1, 0.15) is 57.2 Å². The average Bonchev–Trinajstić information content (AvgIpc) is 2.96. The van der Waals surface area contributed by atoms with Crippen molar-refractivity contribution in [1.29, 1.82) is 0 Å². The fourth-order valence-corrected chi connectivity index (χ4v) is 6.13. The van der Waals surface area contributed by atoms with Crippen molar-refractivity contribution in [3.05, 3.63) is 94.5 Å². The Hall–Kier alpha value is -3.36. The van der Waals surface area contributed by atoms with Crippen LogP contribution < -0.4 is 9.62 Å². The standard InChI is InChI=1S/C32H40ClN3O4S/c1-6-24(5)34-32(38)29(8-3)35(21-25-15-17-27(33)18-16-25)31(37)22-36(30-12-10-9-11-26(30)7-2)41(39,40)28-19-13-23(4)14-20-28/h9-20,24,29H,6-8,21-22H2,1-5H3,(H,34,38)/t24-,29-/m0/s1. The molecule has 0 aliphatic rings. The number of halogens is 1. The highest BCUT2D eigenvalue weighted by atomic mass is 35.5. The summed E-state index contributed by atoms with van der Waals surface area (Å²) in [4.78, 5) is 29.2. The number of carbonyl (C=O) groups is 2. The maximum atomic E-state index is 14.2. The highest BCUT2D eigenvalue weighted by molar-refractivity contribution is 7.92. The molecule has 0 aliphatic heterocycles. The number of anilines is 1. The molecular weight excluding hydrogens is 558 g/mol. The molecule has 0 aliphatic carbocycles. The van der Waals surface area contributed by atoms with Crippen LogP contribution in [-0.2, 0) is 32.6 Å². The molecule has 0 unspecified atom stereocenters. The second-order valence-corrected chi connectivity index (χ2v) is 12.5. The van der Waals surface area contributed by atoms with Crippen molar-refractivity contribution in [2.24, 2.45) is 0 Å². The van der Waals surface area contributed by atoms with Gasteiger partial charge in [0.2, 0.25) is 11.8 Å². The smallest absolute Gasteiger partial charge is 0.264 e. The number of hydrogen-bond acceptors (Lipinski definition) is 4. The van der Waals surface area contributed by atoms with Gasteiger partial charge in [0.05, 0.1) is 10.6 Å². The molecule has 220 valence electrons. The van der Waals surface area contributed by atoms with Gasteiger partial charge in [-0.2, -0.15) is 0 Å². The Morgan fingerprint density at radius 1 is 0.902 bits per heavy atom. The van der Waals surface area contributed by atoms with Crippen LogP contribution in [0.3, 0.4) is 0 Å². The minimum Gasteiger partial charge on any atom is -0.352 e. The average molecular weight is 598 g/mol. The monoisotopic (exact) mass is 597 g/mol. The van der Waals surface area contributed by atoms with Gasteiger partial charge in [0.25, 0.3) is 10.0 Å². The summed E-state index contributed by atoms with van der Waals surface area (Å²) < 4.78 is 29.3. The maximum absolute atomic E-state index is 14.2. The fraction of sp³-hybridized carbons (Fsp3) is 0.375. The number of para-hydroxylation sites is 1. The topological polar surface area (TPSA) is 86.8 Å². The molecule has 0 bridgehead atoms. The number of nitrogens with zero attached hydrogens (tertiary/aromatic N) is 2. The van der Waals surface area contributed by atoms with Gasteiger partial charge in [-0.3, -0.25) is 13.9 Å². The van der Waals surface area contributed by atoms with Gasteiger partial charge in [0, 0.05) is 17.6 Å². The number of benzene rings is 3. The Morgan fingerprint density at radius 2 is 1.54 bits per heavy atom. The Bertz CT molecular complexity index is 1430. The third kappa shape index (κ3) is 8.11. The summed E-state index contributed by atoms with van der Waals surface area (Å²) in [6, 6.07) is 19.9. The van der Waals surface area contributed by atoms with E-state index in [4.69, 9.17) is 11.6 Å². The van der Waals surface area contributed by atoms with Crippen molar-refractivity contribution in [2.45, 2.75) is 77.4 Å². The lowest BCUT2D eigenvalue weighted by Crippen LogP contribution is -2.53. The van der Waals surface area contributed by atoms with Crippen molar-refractivity contribution >= 4 is 39.1 Å². The van der Waals surface area contributed by atoms with Crippen LogP contribution >= 0.6 is 11.6 Å². The minimum atomic E-state index is -4.12. The first-order chi connectivity index (χ1) is 19.5. The van der Waals surface area contributed by atoms with Crippen molar-refractivity contribution in [3.63, 3.8) is 0 Å². The van der Waals surface area contributed by atoms with Gasteiger partial charge in [-0.25, -0.2) is 8.42 Å². The summed E-state index contributed by atoms with van der Waals surface area (Å²) in [6.07, 6.45) is 1.68. The molecule has 0 saturated heterocycles. The predicted octanol–water partition coefficient (Wildman–Crippen LogP) is 6.13. The quantitative estimate of drug-likeness (QED) is 0.257. The summed E-state index contributed by atoms with van der Waals surface area (Å²) in [5.41, 5.74) is 2.93. The zero-order valence-corrected chi connectivity index (χ0v) is 26.0. The number of sulfonamides is 1. The predicted molar refractivity (Wildman–Crippen MR) is 166 cm³/mol. The molecule has 2 amide bonds. The molecule has 1 N–H and O–H groups in total. The summed E-state index contributed by atoms with van der Waals surface area (Å²) >= 11 is 6.09. The number of aryl methyl sites for hydroxylation is 2. The van der Waals surface area contributed by atoms with Gasteiger partial charge < -0.3 is 10.2 Å². The normalized spacial score (nSPS) is 12.8. The first-order valence-corrected chi connectivity index (χ1v) is 15.8. The number of amides is 2. The molecule has 3 rings (SSSR count). The van der Waals surface area contributed by atoms with E-state index in [0.29, 0.717) is 23.6 Å². The third-order valence-electron chi connectivity index (χ3n) is 7.18. The molecule has 3 aromatic rings. The van der Waals surface area contributed by atoms with E-state index in [2.05, 4.69) is 5.32 Å². The molecule has 41 heavy (non-hydrogen) atoms. The number of rotatable bonds is 13. The lowest BCUT2D eigenvalue weighted by molar-refractivity contribution is -0.140. The number of hydrogen-bond donors (Lipinski definition) is 1. The van der Waals surface area contributed by atoms with Crippen molar-refractivity contribution in [1.82, 2.24) is 10.2 Å². The van der Waals surface area contributed by atoms with Crippen LogP contribution in [0.15, 0.2) is 77.7 Å². The Balaban J connectivity index is 2.09. The molecule has 3 aromatic carbocycles. The van der Waals surface area contributed by atoms with Gasteiger partial charge in [0.15, 0.2) is 0 Å². The molecule has 0 fully saturated rings. The molecular formula is C32H40ClN3O4S. The fourth-order valence-electron chi connectivity index (χ4n) is 4.55. The third-order valence-corrected chi connectivity index (χ3v) is 9.21. The summed E-state index contributed by atoms with van der Waals surface area (Å²) in [7, 11) is -4.12. The second-order valence-electron chi connectivity index (χ2n) is 10.2. The summed E-state index contributed by atoms with van der Waals surface area (Å²) in [5.74, 6) is -0.751. The van der Waals surface area contributed by atoms with E-state index in [0.717, 1.165) is 23.1 Å². The van der Waals surface area contributed by atoms with Gasteiger partial charge >= 0.3 is 0 Å². The lowest BCUT2D eigenvalue weighted by atomic mass is 10.1. The van der Waals surface area contributed by atoms with E-state index in [1.165, 1.54) is 9.21 Å². The highest BCUT2D eigenvalue weighted by Crippen LogP contribution is 2.28. The second kappa shape index (κ2) is 14.5. The van der Waals surface area contributed by atoms with Gasteiger partial charge in [-0.1, -0.05) is 80.4 Å². The molecule has 0 aromatic heterocycles. The van der Waals surface area contributed by atoms with E-state index < -0.39 is 28.5 Å². The highest BCUT2D eigenvalue weighted by Gasteiger charge is 2.34. The van der Waals surface area contributed by atoms with E-state index in [9.17, 15) is 18.0 Å². The molecule has 0 radical (unpaired) electrons. The molecule has 9 heteroatoms. The Labute approximate surface area is 249 Å². The Kier molecular flexibility index (Phi) is 11.4. The van der Waals surface area contributed by atoms with Crippen LogP contribution in [0.2, 0.25) is 5.02 Å². The van der Waals surface area contributed by atoms with Gasteiger partial charge in [-0.05, 0) is 74.6 Å². The molecule has 2 atom stereocenters. The van der Waals surface area contributed by atoms with E-state index in [-0.39, 0.29) is 23.4 Å².